The van der Waals surface area contributed by atoms with Crippen molar-refractivity contribution in [2.24, 2.45) is 17.6 Å². The minimum Gasteiger partial charge on any atom is -0.324 e. The fourth-order valence-corrected chi connectivity index (χ4v) is 1.43. The van der Waals surface area contributed by atoms with E-state index in [1.54, 1.807) is 6.07 Å². The summed E-state index contributed by atoms with van der Waals surface area (Å²) in [5.74, 6) is 0.652. The molecule has 78 valence electrons. The van der Waals surface area contributed by atoms with Crippen molar-refractivity contribution in [3.8, 4) is 0 Å². The second-order valence-corrected chi connectivity index (χ2v) is 4.18. The Labute approximate surface area is 85.1 Å². The zero-order valence-electron chi connectivity index (χ0n) is 9.00. The van der Waals surface area contributed by atoms with Crippen LogP contribution in [-0.2, 0) is 0 Å². The van der Waals surface area contributed by atoms with Crippen molar-refractivity contribution in [1.82, 2.24) is 0 Å². The number of hydrogen-bond donors (Lipinski definition) is 1. The van der Waals surface area contributed by atoms with Crippen molar-refractivity contribution in [3.63, 3.8) is 0 Å². The van der Waals surface area contributed by atoms with Crippen molar-refractivity contribution in [1.29, 1.82) is 0 Å². The van der Waals surface area contributed by atoms with Crippen molar-refractivity contribution in [2.45, 2.75) is 26.8 Å². The molecule has 0 aliphatic heterocycles. The van der Waals surface area contributed by atoms with Gasteiger partial charge >= 0.3 is 0 Å². The fraction of sp³-hybridized carbons (Fsp3) is 0.500. The van der Waals surface area contributed by atoms with Gasteiger partial charge in [-0.2, -0.15) is 0 Å². The highest BCUT2D eigenvalue weighted by molar-refractivity contribution is 5.20. The molecule has 14 heavy (non-hydrogen) atoms. The molecule has 2 heteroatoms. The molecule has 0 fully saturated rings. The van der Waals surface area contributed by atoms with Gasteiger partial charge in [0.05, 0.1) is 0 Å². The van der Waals surface area contributed by atoms with Crippen LogP contribution in [0.1, 0.15) is 32.4 Å². The van der Waals surface area contributed by atoms with Crippen LogP contribution in [0.3, 0.4) is 0 Å². The first-order valence-corrected chi connectivity index (χ1v) is 5.03. The Bertz CT molecular complexity index is 296. The maximum Gasteiger partial charge on any atom is 0.123 e. The van der Waals surface area contributed by atoms with Crippen LogP contribution in [0.15, 0.2) is 24.3 Å². The number of nitrogens with two attached hydrogens (primary N) is 1. The molecule has 0 saturated carbocycles. The van der Waals surface area contributed by atoms with E-state index in [2.05, 4.69) is 20.8 Å². The molecule has 0 aliphatic rings. The summed E-state index contributed by atoms with van der Waals surface area (Å²) in [5.41, 5.74) is 6.92. The molecular weight excluding hydrogens is 177 g/mol. The van der Waals surface area contributed by atoms with E-state index in [-0.39, 0.29) is 11.9 Å². The number of hydrogen-bond acceptors (Lipinski definition) is 1. The first kappa shape index (κ1) is 11.2. The third kappa shape index (κ3) is 2.55. The quantitative estimate of drug-likeness (QED) is 0.788. The van der Waals surface area contributed by atoms with Crippen LogP contribution < -0.4 is 5.73 Å². The Kier molecular flexibility index (Phi) is 3.64. The topological polar surface area (TPSA) is 26.0 Å². The SMILES string of the molecule is CC(C)C(C)C(N)c1cccc(F)c1. The Morgan fingerprint density at radius 1 is 1.21 bits per heavy atom. The number of rotatable bonds is 3. The normalized spacial score (nSPS) is 15.6. The summed E-state index contributed by atoms with van der Waals surface area (Å²) in [6, 6.07) is 6.47. The van der Waals surface area contributed by atoms with Crippen LogP contribution in [-0.4, -0.2) is 0 Å². The zero-order chi connectivity index (χ0) is 10.7. The molecule has 1 aromatic rings. The first-order valence-electron chi connectivity index (χ1n) is 5.03. The second-order valence-electron chi connectivity index (χ2n) is 4.18. The van der Waals surface area contributed by atoms with E-state index in [0.29, 0.717) is 11.8 Å². The predicted molar refractivity (Wildman–Crippen MR) is 57.3 cm³/mol. The van der Waals surface area contributed by atoms with Gasteiger partial charge in [0.25, 0.3) is 0 Å². The van der Waals surface area contributed by atoms with Crippen LogP contribution in [0.4, 0.5) is 4.39 Å². The van der Waals surface area contributed by atoms with Crippen LogP contribution in [0, 0.1) is 17.7 Å². The molecule has 2 N–H and O–H groups in total. The lowest BCUT2D eigenvalue weighted by Crippen LogP contribution is -2.23. The van der Waals surface area contributed by atoms with E-state index in [1.165, 1.54) is 12.1 Å². The van der Waals surface area contributed by atoms with E-state index >= 15 is 0 Å². The Balaban J connectivity index is 2.83. The molecule has 1 aromatic carbocycles. The third-order valence-corrected chi connectivity index (χ3v) is 2.85. The lowest BCUT2D eigenvalue weighted by atomic mass is 9.87. The van der Waals surface area contributed by atoms with Crippen molar-refractivity contribution in [2.75, 3.05) is 0 Å². The molecule has 0 heterocycles. The van der Waals surface area contributed by atoms with Gasteiger partial charge in [-0.25, -0.2) is 4.39 Å². The molecule has 0 amide bonds. The molecule has 2 atom stereocenters. The summed E-state index contributed by atoms with van der Waals surface area (Å²) >= 11 is 0. The average molecular weight is 195 g/mol. The maximum atomic E-state index is 12.9. The molecule has 2 unspecified atom stereocenters. The fourth-order valence-electron chi connectivity index (χ4n) is 1.43. The predicted octanol–water partition coefficient (Wildman–Crippen LogP) is 3.12. The summed E-state index contributed by atoms with van der Waals surface area (Å²) in [6.07, 6.45) is 0. The lowest BCUT2D eigenvalue weighted by Gasteiger charge is -2.23. The number of benzene rings is 1. The smallest absolute Gasteiger partial charge is 0.123 e. The van der Waals surface area contributed by atoms with Crippen LogP contribution in [0.25, 0.3) is 0 Å². The van der Waals surface area contributed by atoms with Crippen molar-refractivity contribution in [3.05, 3.63) is 35.6 Å². The van der Waals surface area contributed by atoms with Crippen molar-refractivity contribution >= 4 is 0 Å². The highest BCUT2D eigenvalue weighted by Gasteiger charge is 2.17. The summed E-state index contributed by atoms with van der Waals surface area (Å²) in [7, 11) is 0. The second kappa shape index (κ2) is 4.56. The zero-order valence-corrected chi connectivity index (χ0v) is 9.00. The first-order chi connectivity index (χ1) is 6.52. The summed E-state index contributed by atoms with van der Waals surface area (Å²) in [6.45, 7) is 6.36. The Morgan fingerprint density at radius 3 is 2.36 bits per heavy atom. The van der Waals surface area contributed by atoms with Gasteiger partial charge in [-0.05, 0) is 29.5 Å². The number of halogens is 1. The van der Waals surface area contributed by atoms with E-state index in [0.717, 1.165) is 5.56 Å². The molecule has 0 aliphatic carbocycles. The molecular formula is C12H18FN. The van der Waals surface area contributed by atoms with E-state index in [4.69, 9.17) is 5.73 Å². The van der Waals surface area contributed by atoms with Gasteiger partial charge in [-0.15, -0.1) is 0 Å². The highest BCUT2D eigenvalue weighted by atomic mass is 19.1. The Morgan fingerprint density at radius 2 is 1.86 bits per heavy atom. The molecule has 0 aromatic heterocycles. The third-order valence-electron chi connectivity index (χ3n) is 2.85. The summed E-state index contributed by atoms with van der Waals surface area (Å²) in [4.78, 5) is 0. The van der Waals surface area contributed by atoms with Crippen molar-refractivity contribution < 1.29 is 4.39 Å². The minimum atomic E-state index is -0.214. The molecule has 1 rings (SSSR count). The van der Waals surface area contributed by atoms with E-state index in [9.17, 15) is 4.39 Å². The van der Waals surface area contributed by atoms with Gasteiger partial charge in [0.15, 0.2) is 0 Å². The largest absolute Gasteiger partial charge is 0.324 e. The standard InChI is InChI=1S/C12H18FN/c1-8(2)9(3)12(14)10-5-4-6-11(13)7-10/h4-9,12H,14H2,1-3H3. The molecule has 0 bridgehead atoms. The highest BCUT2D eigenvalue weighted by Crippen LogP contribution is 2.25. The van der Waals surface area contributed by atoms with Crippen LogP contribution in [0.5, 0.6) is 0 Å². The molecule has 0 saturated heterocycles. The van der Waals surface area contributed by atoms with Gasteiger partial charge in [0.1, 0.15) is 5.82 Å². The summed E-state index contributed by atoms with van der Waals surface area (Å²) < 4.78 is 12.9. The van der Waals surface area contributed by atoms with Crippen LogP contribution in [0.2, 0.25) is 0 Å². The van der Waals surface area contributed by atoms with Gasteiger partial charge in [0, 0.05) is 6.04 Å². The van der Waals surface area contributed by atoms with Gasteiger partial charge in [-0.3, -0.25) is 0 Å². The van der Waals surface area contributed by atoms with Crippen LogP contribution >= 0.6 is 0 Å². The van der Waals surface area contributed by atoms with Gasteiger partial charge in [-0.1, -0.05) is 32.9 Å². The van der Waals surface area contributed by atoms with Gasteiger partial charge < -0.3 is 5.73 Å². The summed E-state index contributed by atoms with van der Waals surface area (Å²) in [5, 5.41) is 0. The molecule has 0 spiro atoms. The molecule has 0 radical (unpaired) electrons. The minimum absolute atomic E-state index is 0.0781. The monoisotopic (exact) mass is 195 g/mol. The van der Waals surface area contributed by atoms with E-state index in [1.807, 2.05) is 6.07 Å². The molecule has 1 nitrogen and oxygen atoms in total. The maximum absolute atomic E-state index is 12.9. The average Bonchev–Trinajstić information content (AvgIpc) is 2.15. The lowest BCUT2D eigenvalue weighted by molar-refractivity contribution is 0.351. The van der Waals surface area contributed by atoms with E-state index < -0.39 is 0 Å². The van der Waals surface area contributed by atoms with Gasteiger partial charge in [0.2, 0.25) is 0 Å². The Hall–Kier alpha value is -0.890.